The first-order chi connectivity index (χ1) is 17.2. The second-order valence-electron chi connectivity index (χ2n) is 7.95. The van der Waals surface area contributed by atoms with Gasteiger partial charge in [-0.25, -0.2) is 9.48 Å². The number of nitrogens with zero attached hydrogens (tertiary/aromatic N) is 5. The van der Waals surface area contributed by atoms with Crippen LogP contribution in [-0.2, 0) is 7.05 Å². The molecule has 0 saturated heterocycles. The van der Waals surface area contributed by atoms with E-state index < -0.39 is 5.63 Å². The number of aryl methyl sites for hydroxylation is 1. The van der Waals surface area contributed by atoms with Gasteiger partial charge in [-0.05, 0) is 36.4 Å². The molecule has 0 unspecified atom stereocenters. The zero-order valence-corrected chi connectivity index (χ0v) is 19.5. The number of para-hydroxylation sites is 3. The van der Waals surface area contributed by atoms with Crippen molar-refractivity contribution < 1.29 is 4.42 Å². The Hall–Kier alpha value is -4.56. The second-order valence-corrected chi connectivity index (χ2v) is 8.96. The fraction of sp³-hybridized carbons (Fsp3) is 0.0370. The number of aromatic nitrogens is 3. The molecule has 0 spiro atoms. The first-order valence-electron chi connectivity index (χ1n) is 11.0. The van der Waals surface area contributed by atoms with Crippen LogP contribution in [0.15, 0.2) is 111 Å². The maximum atomic E-state index is 12.9. The lowest BCUT2D eigenvalue weighted by Gasteiger charge is -2.01. The highest BCUT2D eigenvalue weighted by Crippen LogP contribution is 2.24. The van der Waals surface area contributed by atoms with Gasteiger partial charge in [0, 0.05) is 24.2 Å². The highest BCUT2D eigenvalue weighted by atomic mass is 32.1. The Morgan fingerprint density at radius 2 is 1.74 bits per heavy atom. The van der Waals surface area contributed by atoms with Crippen LogP contribution in [-0.4, -0.2) is 20.6 Å². The summed E-state index contributed by atoms with van der Waals surface area (Å²) in [4.78, 5) is 13.7. The Kier molecular flexibility index (Phi) is 5.20. The highest BCUT2D eigenvalue weighted by Gasteiger charge is 2.16. The SMILES string of the molecule is Cn1c(=NN=Cc2cn(-c3ccccc3)nc2-c2cc3ccccc3oc2=O)sc2ccccc21. The number of benzene rings is 3. The third-order valence-electron chi connectivity index (χ3n) is 5.71. The smallest absolute Gasteiger partial charge is 0.345 e. The van der Waals surface area contributed by atoms with Gasteiger partial charge in [-0.3, -0.25) is 0 Å². The zero-order chi connectivity index (χ0) is 23.8. The summed E-state index contributed by atoms with van der Waals surface area (Å²) in [7, 11) is 1.96. The van der Waals surface area contributed by atoms with Gasteiger partial charge in [-0.2, -0.15) is 10.2 Å². The van der Waals surface area contributed by atoms with Crippen LogP contribution in [0.2, 0.25) is 0 Å². The predicted molar refractivity (Wildman–Crippen MR) is 139 cm³/mol. The molecule has 8 heteroatoms. The molecule has 0 N–H and O–H groups in total. The van der Waals surface area contributed by atoms with E-state index in [9.17, 15) is 4.79 Å². The molecule has 35 heavy (non-hydrogen) atoms. The van der Waals surface area contributed by atoms with Crippen molar-refractivity contribution in [3.8, 4) is 16.9 Å². The van der Waals surface area contributed by atoms with Crippen LogP contribution in [0.1, 0.15) is 5.56 Å². The summed E-state index contributed by atoms with van der Waals surface area (Å²) in [5, 5.41) is 14.3. The molecule has 0 fully saturated rings. The minimum absolute atomic E-state index is 0.368. The van der Waals surface area contributed by atoms with Crippen LogP contribution in [0, 0.1) is 0 Å². The Morgan fingerprint density at radius 1 is 0.971 bits per heavy atom. The Bertz CT molecular complexity index is 1840. The molecule has 0 atom stereocenters. The number of thiazole rings is 1. The summed E-state index contributed by atoms with van der Waals surface area (Å²) < 4.78 is 10.4. The molecule has 170 valence electrons. The van der Waals surface area contributed by atoms with Crippen molar-refractivity contribution in [3.63, 3.8) is 0 Å². The highest BCUT2D eigenvalue weighted by molar-refractivity contribution is 7.16. The molecule has 3 aromatic heterocycles. The van der Waals surface area contributed by atoms with Gasteiger partial charge in [-0.15, -0.1) is 5.10 Å². The normalized spacial score (nSPS) is 12.3. The maximum absolute atomic E-state index is 12.9. The molecule has 0 aliphatic rings. The Labute approximate surface area is 203 Å². The van der Waals surface area contributed by atoms with Crippen molar-refractivity contribution in [2.75, 3.05) is 0 Å². The van der Waals surface area contributed by atoms with E-state index in [1.54, 1.807) is 34.4 Å². The van der Waals surface area contributed by atoms with Crippen molar-refractivity contribution in [1.29, 1.82) is 0 Å². The minimum atomic E-state index is -0.454. The average Bonchev–Trinajstić information content (AvgIpc) is 3.45. The zero-order valence-electron chi connectivity index (χ0n) is 18.7. The van der Waals surface area contributed by atoms with Crippen LogP contribution in [0.4, 0.5) is 0 Å². The molecule has 3 heterocycles. The predicted octanol–water partition coefficient (Wildman–Crippen LogP) is 5.13. The van der Waals surface area contributed by atoms with Gasteiger partial charge in [0.15, 0.2) is 0 Å². The summed E-state index contributed by atoms with van der Waals surface area (Å²) in [5.74, 6) is 0. The number of rotatable bonds is 4. The maximum Gasteiger partial charge on any atom is 0.345 e. The monoisotopic (exact) mass is 477 g/mol. The fourth-order valence-electron chi connectivity index (χ4n) is 3.95. The minimum Gasteiger partial charge on any atom is -0.422 e. The van der Waals surface area contributed by atoms with Crippen LogP contribution in [0.3, 0.4) is 0 Å². The summed E-state index contributed by atoms with van der Waals surface area (Å²) in [5.41, 5.74) is 3.55. The number of hydrogen-bond acceptors (Lipinski definition) is 6. The molecule has 6 aromatic rings. The van der Waals surface area contributed by atoms with E-state index in [-0.39, 0.29) is 0 Å². The lowest BCUT2D eigenvalue weighted by Crippen LogP contribution is -2.09. The van der Waals surface area contributed by atoms with Gasteiger partial charge in [0.05, 0.1) is 27.7 Å². The van der Waals surface area contributed by atoms with Gasteiger partial charge in [0.1, 0.15) is 11.3 Å². The van der Waals surface area contributed by atoms with Crippen molar-refractivity contribution in [1.82, 2.24) is 14.3 Å². The van der Waals surface area contributed by atoms with Crippen LogP contribution in [0.5, 0.6) is 0 Å². The van der Waals surface area contributed by atoms with Gasteiger partial charge < -0.3 is 8.98 Å². The molecule has 0 saturated carbocycles. The molecule has 0 bridgehead atoms. The second kappa shape index (κ2) is 8.66. The fourth-order valence-corrected chi connectivity index (χ4v) is 4.93. The van der Waals surface area contributed by atoms with E-state index in [1.807, 2.05) is 78.5 Å². The molecular weight excluding hydrogens is 458 g/mol. The standard InChI is InChI=1S/C27H19N5O2S/c1-31-22-12-6-8-14-24(22)35-27(31)29-28-16-19-17-32(20-10-3-2-4-11-20)30-25(19)21-15-18-9-5-7-13-23(18)34-26(21)33/h2-17H,1H3. The largest absolute Gasteiger partial charge is 0.422 e. The van der Waals surface area contributed by atoms with E-state index in [2.05, 4.69) is 22.3 Å². The van der Waals surface area contributed by atoms with Crippen molar-refractivity contribution in [3.05, 3.63) is 112 Å². The Morgan fingerprint density at radius 3 is 2.60 bits per heavy atom. The van der Waals surface area contributed by atoms with Crippen LogP contribution in [0.25, 0.3) is 38.1 Å². The summed E-state index contributed by atoms with van der Waals surface area (Å²) in [6.45, 7) is 0. The average molecular weight is 478 g/mol. The number of fused-ring (bicyclic) bond motifs is 2. The first kappa shape index (κ1) is 21.0. The number of hydrogen-bond donors (Lipinski definition) is 0. The first-order valence-corrected chi connectivity index (χ1v) is 11.8. The Balaban J connectivity index is 1.49. The molecule has 7 nitrogen and oxygen atoms in total. The molecule has 3 aromatic carbocycles. The van der Waals surface area contributed by atoms with Crippen LogP contribution >= 0.6 is 11.3 Å². The van der Waals surface area contributed by atoms with E-state index in [1.165, 1.54) is 0 Å². The third-order valence-corrected chi connectivity index (χ3v) is 6.82. The van der Waals surface area contributed by atoms with Gasteiger partial charge in [-0.1, -0.05) is 59.9 Å². The quantitative estimate of drug-likeness (QED) is 0.201. The van der Waals surface area contributed by atoms with Gasteiger partial charge in [0.2, 0.25) is 4.80 Å². The molecule has 0 aliphatic carbocycles. The summed E-state index contributed by atoms with van der Waals surface area (Å²) >= 11 is 1.56. The van der Waals surface area contributed by atoms with E-state index in [4.69, 9.17) is 9.52 Å². The lowest BCUT2D eigenvalue weighted by atomic mass is 10.1. The molecule has 0 radical (unpaired) electrons. The van der Waals surface area contributed by atoms with Gasteiger partial charge in [0.25, 0.3) is 0 Å². The molecule has 0 amide bonds. The van der Waals surface area contributed by atoms with Crippen molar-refractivity contribution in [2.24, 2.45) is 17.3 Å². The van der Waals surface area contributed by atoms with E-state index >= 15 is 0 Å². The molecule has 6 rings (SSSR count). The lowest BCUT2D eigenvalue weighted by molar-refractivity contribution is 0.563. The molecular formula is C27H19N5O2S. The summed E-state index contributed by atoms with van der Waals surface area (Å²) in [6.07, 6.45) is 3.46. The third kappa shape index (κ3) is 3.89. The van der Waals surface area contributed by atoms with E-state index in [0.717, 1.165) is 26.1 Å². The molecule has 0 aliphatic heterocycles. The van der Waals surface area contributed by atoms with Crippen molar-refractivity contribution in [2.45, 2.75) is 0 Å². The summed E-state index contributed by atoms with van der Waals surface area (Å²) in [6, 6.07) is 27.0. The van der Waals surface area contributed by atoms with Gasteiger partial charge >= 0.3 is 5.63 Å². The topological polar surface area (TPSA) is 77.7 Å². The van der Waals surface area contributed by atoms with E-state index in [0.29, 0.717) is 22.4 Å². The van der Waals surface area contributed by atoms with Crippen LogP contribution < -0.4 is 10.4 Å². The van der Waals surface area contributed by atoms with Crippen molar-refractivity contribution >= 4 is 38.7 Å².